The second-order valence-electron chi connectivity index (χ2n) is 5.93. The van der Waals surface area contributed by atoms with E-state index < -0.39 is 15.6 Å². The number of hydrogen-bond acceptors (Lipinski definition) is 3. The highest BCUT2D eigenvalue weighted by molar-refractivity contribution is 7.91. The van der Waals surface area contributed by atoms with Gasteiger partial charge in [0.2, 0.25) is 10.0 Å². The summed E-state index contributed by atoms with van der Waals surface area (Å²) in [7, 11) is -2.06. The molecule has 1 heterocycles. The Morgan fingerprint density at radius 1 is 1.08 bits per heavy atom. The molecule has 0 aliphatic heterocycles. The van der Waals surface area contributed by atoms with Crippen molar-refractivity contribution in [1.82, 2.24) is 9.36 Å². The Hall–Kier alpha value is -2.51. The van der Waals surface area contributed by atoms with Gasteiger partial charge < -0.3 is 0 Å². The van der Waals surface area contributed by atoms with Crippen LogP contribution in [0.4, 0.5) is 5.69 Å². The van der Waals surface area contributed by atoms with E-state index in [0.29, 0.717) is 22.0 Å². The minimum absolute atomic E-state index is 0.0402. The van der Waals surface area contributed by atoms with Crippen molar-refractivity contribution in [3.63, 3.8) is 0 Å². The van der Waals surface area contributed by atoms with Gasteiger partial charge in [0.25, 0.3) is 5.56 Å². The molecule has 0 aliphatic rings. The van der Waals surface area contributed by atoms with Crippen LogP contribution in [0.15, 0.2) is 59.4 Å². The van der Waals surface area contributed by atoms with E-state index in [-0.39, 0.29) is 11.4 Å². The number of para-hydroxylation sites is 1. The molecule has 6 nitrogen and oxygen atoms in total. The van der Waals surface area contributed by atoms with Crippen LogP contribution in [0, 0.1) is 6.92 Å². The van der Waals surface area contributed by atoms with E-state index in [1.807, 2.05) is 18.2 Å². The highest BCUT2D eigenvalue weighted by Gasteiger charge is 2.21. The Morgan fingerprint density at radius 2 is 1.77 bits per heavy atom. The van der Waals surface area contributed by atoms with Crippen molar-refractivity contribution in [1.29, 1.82) is 0 Å². The third-order valence-electron chi connectivity index (χ3n) is 4.06. The fraction of sp³-hybridized carbons (Fsp3) is 0.167. The fourth-order valence-corrected chi connectivity index (χ4v) is 4.17. The molecule has 0 spiro atoms. The van der Waals surface area contributed by atoms with Gasteiger partial charge in [-0.15, -0.1) is 0 Å². The van der Waals surface area contributed by atoms with E-state index in [9.17, 15) is 13.2 Å². The second-order valence-corrected chi connectivity index (χ2v) is 8.09. The lowest BCUT2D eigenvalue weighted by molar-refractivity contribution is 0.600. The summed E-state index contributed by atoms with van der Waals surface area (Å²) in [5, 5.41) is 0.458. The minimum atomic E-state index is -3.77. The number of benzene rings is 2. The average molecular weight is 392 g/mol. The maximum atomic E-state index is 12.8. The average Bonchev–Trinajstić information content (AvgIpc) is 2.78. The second kappa shape index (κ2) is 7.01. The third kappa shape index (κ3) is 3.68. The number of aromatic nitrogens is 2. The van der Waals surface area contributed by atoms with Crippen LogP contribution < -0.4 is 10.3 Å². The summed E-state index contributed by atoms with van der Waals surface area (Å²) in [6.45, 7) is 1.69. The maximum Gasteiger partial charge on any atom is 0.296 e. The van der Waals surface area contributed by atoms with Crippen molar-refractivity contribution in [3.8, 4) is 5.69 Å². The molecule has 0 radical (unpaired) electrons. The monoisotopic (exact) mass is 391 g/mol. The highest BCUT2D eigenvalue weighted by atomic mass is 35.5. The van der Waals surface area contributed by atoms with Crippen LogP contribution in [-0.2, 0) is 22.8 Å². The molecule has 1 N–H and O–H groups in total. The van der Waals surface area contributed by atoms with E-state index in [0.717, 1.165) is 0 Å². The number of nitrogens with one attached hydrogen (secondary N) is 1. The van der Waals surface area contributed by atoms with Gasteiger partial charge in [0.1, 0.15) is 5.69 Å². The van der Waals surface area contributed by atoms with Gasteiger partial charge in [0.05, 0.1) is 17.1 Å². The van der Waals surface area contributed by atoms with Gasteiger partial charge in [0.15, 0.2) is 0 Å². The quantitative estimate of drug-likeness (QED) is 0.726. The number of rotatable bonds is 5. The Balaban J connectivity index is 1.97. The lowest BCUT2D eigenvalue weighted by Crippen LogP contribution is -2.23. The van der Waals surface area contributed by atoms with Crippen LogP contribution in [0.2, 0.25) is 5.02 Å². The SMILES string of the molecule is Cc1c(NS(=O)(=O)Cc2cccc(Cl)c2)c(=O)n(-c2ccccc2)n1C. The van der Waals surface area contributed by atoms with Gasteiger partial charge in [0, 0.05) is 12.1 Å². The van der Waals surface area contributed by atoms with Gasteiger partial charge in [-0.05, 0) is 36.8 Å². The van der Waals surface area contributed by atoms with Crippen LogP contribution in [0.25, 0.3) is 5.69 Å². The molecule has 1 aromatic heterocycles. The zero-order chi connectivity index (χ0) is 18.9. The van der Waals surface area contributed by atoms with Crippen molar-refractivity contribution in [2.24, 2.45) is 7.05 Å². The molecular weight excluding hydrogens is 374 g/mol. The molecule has 3 rings (SSSR count). The molecule has 26 heavy (non-hydrogen) atoms. The first-order valence-electron chi connectivity index (χ1n) is 7.87. The summed E-state index contributed by atoms with van der Waals surface area (Å²) in [6, 6.07) is 15.6. The smallest absolute Gasteiger partial charge is 0.283 e. The Bertz CT molecular complexity index is 1100. The molecule has 0 bridgehead atoms. The van der Waals surface area contributed by atoms with E-state index in [1.165, 1.54) is 4.68 Å². The van der Waals surface area contributed by atoms with Gasteiger partial charge >= 0.3 is 0 Å². The van der Waals surface area contributed by atoms with Crippen molar-refractivity contribution >= 4 is 27.3 Å². The number of halogens is 1. The van der Waals surface area contributed by atoms with E-state index in [4.69, 9.17) is 11.6 Å². The normalized spacial score (nSPS) is 11.5. The molecule has 0 saturated carbocycles. The number of nitrogens with zero attached hydrogens (tertiary/aromatic N) is 2. The van der Waals surface area contributed by atoms with Crippen molar-refractivity contribution in [3.05, 3.63) is 81.2 Å². The predicted octanol–water partition coefficient (Wildman–Crippen LogP) is 3.08. The van der Waals surface area contributed by atoms with Gasteiger partial charge in [-0.3, -0.25) is 14.2 Å². The summed E-state index contributed by atoms with van der Waals surface area (Å²) >= 11 is 5.90. The molecule has 0 aliphatic carbocycles. The lowest BCUT2D eigenvalue weighted by Gasteiger charge is -2.07. The maximum absolute atomic E-state index is 12.8. The first kappa shape index (κ1) is 18.3. The van der Waals surface area contributed by atoms with Crippen LogP contribution in [0.5, 0.6) is 0 Å². The highest BCUT2D eigenvalue weighted by Crippen LogP contribution is 2.18. The summed E-state index contributed by atoms with van der Waals surface area (Å²) in [5.41, 5.74) is 1.34. The first-order chi connectivity index (χ1) is 12.3. The molecular formula is C18H18ClN3O3S. The van der Waals surface area contributed by atoms with Crippen LogP contribution in [-0.4, -0.2) is 17.8 Å². The summed E-state index contributed by atoms with van der Waals surface area (Å²) in [5.74, 6) is -0.271. The Morgan fingerprint density at radius 3 is 2.42 bits per heavy atom. The van der Waals surface area contributed by atoms with Crippen molar-refractivity contribution < 1.29 is 8.42 Å². The molecule has 3 aromatic rings. The van der Waals surface area contributed by atoms with E-state index >= 15 is 0 Å². The van der Waals surface area contributed by atoms with Crippen molar-refractivity contribution in [2.75, 3.05) is 4.72 Å². The molecule has 8 heteroatoms. The third-order valence-corrected chi connectivity index (χ3v) is 5.52. The van der Waals surface area contributed by atoms with Gasteiger partial charge in [-0.2, -0.15) is 0 Å². The fourth-order valence-electron chi connectivity index (χ4n) is 2.72. The largest absolute Gasteiger partial charge is 0.296 e. The van der Waals surface area contributed by atoms with Gasteiger partial charge in [-0.25, -0.2) is 13.1 Å². The zero-order valence-corrected chi connectivity index (χ0v) is 15.9. The molecule has 0 unspecified atom stereocenters. The number of sulfonamides is 1. The molecule has 0 atom stereocenters. The van der Waals surface area contributed by atoms with E-state index in [1.54, 1.807) is 55.1 Å². The Kier molecular flexibility index (Phi) is 4.93. The lowest BCUT2D eigenvalue weighted by atomic mass is 10.2. The summed E-state index contributed by atoms with van der Waals surface area (Å²) in [4.78, 5) is 12.8. The molecule has 136 valence electrons. The number of hydrogen-bond donors (Lipinski definition) is 1. The molecule has 2 aromatic carbocycles. The van der Waals surface area contributed by atoms with Crippen LogP contribution >= 0.6 is 11.6 Å². The standard InChI is InChI=1S/C18H18ClN3O3S/c1-13-17(18(23)22(21(13)2)16-9-4-3-5-10-16)20-26(24,25)12-14-7-6-8-15(19)11-14/h3-11,20H,12H2,1-2H3. The summed E-state index contributed by atoms with van der Waals surface area (Å²) < 4.78 is 30.5. The van der Waals surface area contributed by atoms with E-state index in [2.05, 4.69) is 4.72 Å². The van der Waals surface area contributed by atoms with Crippen molar-refractivity contribution in [2.45, 2.75) is 12.7 Å². The zero-order valence-electron chi connectivity index (χ0n) is 14.3. The summed E-state index contributed by atoms with van der Waals surface area (Å²) in [6.07, 6.45) is 0. The Labute approximate surface area is 156 Å². The molecule has 0 saturated heterocycles. The first-order valence-corrected chi connectivity index (χ1v) is 9.90. The molecule has 0 amide bonds. The molecule has 0 fully saturated rings. The predicted molar refractivity (Wildman–Crippen MR) is 103 cm³/mol. The minimum Gasteiger partial charge on any atom is -0.283 e. The number of anilines is 1. The van der Waals surface area contributed by atoms with Crippen LogP contribution in [0.1, 0.15) is 11.3 Å². The topological polar surface area (TPSA) is 73.1 Å². The van der Waals surface area contributed by atoms with Gasteiger partial charge in [-0.1, -0.05) is 41.9 Å². The van der Waals surface area contributed by atoms with Crippen LogP contribution in [0.3, 0.4) is 0 Å².